The van der Waals surface area contributed by atoms with Crippen LogP contribution in [-0.2, 0) is 0 Å². The molecule has 256 valence electrons. The Bertz CT molecular complexity index is 899. The van der Waals surface area contributed by atoms with Crippen molar-refractivity contribution in [2.24, 2.45) is 18.1 Å². The Balaban J connectivity index is 2.96. The van der Waals surface area contributed by atoms with Gasteiger partial charge in [0.15, 0.2) is 0 Å². The van der Waals surface area contributed by atoms with Gasteiger partial charge in [0.05, 0.1) is 0 Å². The number of hydrogen-bond donors (Lipinski definition) is 6. The Kier molecular flexibility index (Phi) is 19.9. The average molecular weight is 684 g/mol. The Labute approximate surface area is 266 Å². The van der Waals surface area contributed by atoms with Crippen molar-refractivity contribution in [1.29, 1.82) is 0 Å². The number of nitrogens with one attached hydrogen (secondary N) is 6. The summed E-state index contributed by atoms with van der Waals surface area (Å²) in [6.07, 6.45) is 15.7. The maximum Gasteiger partial charge on any atom is 0.225 e. The van der Waals surface area contributed by atoms with Gasteiger partial charge in [0.1, 0.15) is 0 Å². The van der Waals surface area contributed by atoms with Crippen molar-refractivity contribution >= 4 is 30.0 Å². The molecule has 15 heteroatoms. The first-order chi connectivity index (χ1) is 20.9. The third kappa shape index (κ3) is 12.0. The Morgan fingerprint density at radius 2 is 0.651 bits per heavy atom. The van der Waals surface area contributed by atoms with E-state index in [1.807, 2.05) is 0 Å². The smallest absolute Gasteiger partial charge is 0.225 e. The van der Waals surface area contributed by atoms with E-state index in [0.717, 1.165) is 136 Å². The monoisotopic (exact) mass is 683 g/mol. The van der Waals surface area contributed by atoms with E-state index in [0.29, 0.717) is 0 Å². The standard InChI is InChI=1S/C28H69N11P4/c1-8-15-22-29-40(30-23-16-9-2)35-42(33-26-19-12-5)37-41(31-24-17-10-3,32-25-18-11-4)38-43(36-40,34-27-20-13-6)39(42)28-21-14-7/h29-34H,8-28H2,1-7H3. The molecule has 0 radical (unpaired) electrons. The largest absolute Gasteiger partial charge is 0.253 e. The van der Waals surface area contributed by atoms with Gasteiger partial charge in [0.25, 0.3) is 0 Å². The molecule has 0 aromatic heterocycles. The van der Waals surface area contributed by atoms with Gasteiger partial charge in [0, 0.05) is 45.8 Å². The molecule has 2 aliphatic heterocycles. The summed E-state index contributed by atoms with van der Waals surface area (Å²) < 4.78 is 26.2. The van der Waals surface area contributed by atoms with Gasteiger partial charge in [0.2, 0.25) is 30.0 Å². The molecular weight excluding hydrogens is 614 g/mol. The van der Waals surface area contributed by atoms with Crippen molar-refractivity contribution in [1.82, 2.24) is 35.0 Å². The van der Waals surface area contributed by atoms with Crippen LogP contribution in [-0.4, -0.2) is 50.3 Å². The second-order valence-electron chi connectivity index (χ2n) is 11.7. The average Bonchev–Trinajstić information content (AvgIpc) is 2.97. The maximum atomic E-state index is 5.90. The van der Waals surface area contributed by atoms with Crippen molar-refractivity contribution < 1.29 is 0 Å². The number of hydrogen-bond acceptors (Lipinski definition) is 11. The molecule has 2 rings (SSSR count). The molecule has 0 spiro atoms. The van der Waals surface area contributed by atoms with Gasteiger partial charge in [-0.25, -0.2) is 0 Å². The number of nitrogens with zero attached hydrogens (tertiary/aromatic N) is 5. The molecule has 0 saturated carbocycles. The molecule has 11 nitrogen and oxygen atoms in total. The fourth-order valence-corrected chi connectivity index (χ4v) is 24.2. The summed E-state index contributed by atoms with van der Waals surface area (Å²) in [6, 6.07) is 0. The molecule has 2 aliphatic rings. The minimum Gasteiger partial charge on any atom is -0.253 e. The van der Waals surface area contributed by atoms with Crippen LogP contribution < -0.4 is 30.5 Å². The normalized spacial score (nSPS) is 24.2. The summed E-state index contributed by atoms with van der Waals surface area (Å²) in [7, 11) is -10.1. The summed E-state index contributed by atoms with van der Waals surface area (Å²) in [4.78, 5) is 0. The van der Waals surface area contributed by atoms with Crippen molar-refractivity contribution in [2.75, 3.05) is 45.8 Å². The predicted octanol–water partition coefficient (Wildman–Crippen LogP) is 10.2. The molecule has 0 aromatic rings. The zero-order valence-electron chi connectivity index (χ0n) is 28.9. The number of unbranched alkanes of at least 4 members (excludes halogenated alkanes) is 7. The first-order valence-corrected chi connectivity index (χ1v) is 24.4. The summed E-state index contributed by atoms with van der Waals surface area (Å²) in [5.41, 5.74) is 0. The van der Waals surface area contributed by atoms with Gasteiger partial charge < -0.3 is 0 Å². The first kappa shape index (κ1) is 39.8. The summed E-state index contributed by atoms with van der Waals surface area (Å²) in [5.74, 6) is 0. The Morgan fingerprint density at radius 3 is 0.930 bits per heavy atom. The lowest BCUT2D eigenvalue weighted by atomic mass is 10.3. The zero-order valence-corrected chi connectivity index (χ0v) is 32.5. The second-order valence-corrected chi connectivity index (χ2v) is 22.4. The number of rotatable bonds is 27. The first-order valence-electron chi connectivity index (χ1n) is 17.7. The summed E-state index contributed by atoms with van der Waals surface area (Å²) in [6.45, 7) is 22.1. The lowest BCUT2D eigenvalue weighted by Gasteiger charge is -2.50. The highest BCUT2D eigenvalue weighted by Gasteiger charge is 2.51. The van der Waals surface area contributed by atoms with E-state index < -0.39 is 30.0 Å². The van der Waals surface area contributed by atoms with Crippen LogP contribution in [0.15, 0.2) is 18.1 Å². The highest BCUT2D eigenvalue weighted by atomic mass is 31.3. The van der Waals surface area contributed by atoms with Crippen molar-refractivity contribution in [3.05, 3.63) is 0 Å². The molecule has 0 aromatic carbocycles. The summed E-state index contributed by atoms with van der Waals surface area (Å²) >= 11 is 0. The lowest BCUT2D eigenvalue weighted by Crippen LogP contribution is -2.38. The van der Waals surface area contributed by atoms with Crippen LogP contribution in [0.5, 0.6) is 0 Å². The highest BCUT2D eigenvalue weighted by Crippen LogP contribution is 2.85. The van der Waals surface area contributed by atoms with E-state index in [2.05, 4.69) is 83.4 Å². The van der Waals surface area contributed by atoms with E-state index in [-0.39, 0.29) is 0 Å². The van der Waals surface area contributed by atoms with Crippen molar-refractivity contribution in [3.63, 3.8) is 0 Å². The summed E-state index contributed by atoms with van der Waals surface area (Å²) in [5, 5.41) is 23.9. The van der Waals surface area contributed by atoms with Crippen molar-refractivity contribution in [2.45, 2.75) is 138 Å². The van der Waals surface area contributed by atoms with Crippen LogP contribution in [0.3, 0.4) is 0 Å². The van der Waals surface area contributed by atoms with Gasteiger partial charge in [-0.05, 0) is 44.9 Å². The SMILES string of the molecule is CCCCNP1(NCCCC)=NP2(NCCCC)=NP(NCCCC)(NCCCC)=NP(NCCCC)(=N1)N2CCCC. The van der Waals surface area contributed by atoms with Crippen molar-refractivity contribution in [3.8, 4) is 0 Å². The second kappa shape index (κ2) is 21.5. The number of fused-ring (bicyclic) bond motifs is 2. The van der Waals surface area contributed by atoms with Crippen LogP contribution in [0.1, 0.15) is 138 Å². The maximum absolute atomic E-state index is 5.90. The predicted molar refractivity (Wildman–Crippen MR) is 196 cm³/mol. The molecule has 0 fully saturated rings. The molecular formula is C28H69N11P4. The molecule has 0 aliphatic carbocycles. The third-order valence-corrected chi connectivity index (χ3v) is 22.8. The van der Waals surface area contributed by atoms with E-state index in [4.69, 9.17) is 18.1 Å². The zero-order chi connectivity index (χ0) is 31.5. The Morgan fingerprint density at radius 1 is 0.372 bits per heavy atom. The van der Waals surface area contributed by atoms with E-state index >= 15 is 0 Å². The van der Waals surface area contributed by atoms with Crippen LogP contribution in [0.4, 0.5) is 0 Å². The van der Waals surface area contributed by atoms with Gasteiger partial charge in [-0.2, -0.15) is 22.5 Å². The van der Waals surface area contributed by atoms with Gasteiger partial charge in [-0.3, -0.25) is 30.5 Å². The molecule has 2 bridgehead atoms. The van der Waals surface area contributed by atoms with Crippen LogP contribution in [0, 0.1) is 0 Å². The van der Waals surface area contributed by atoms with Crippen LogP contribution in [0.2, 0.25) is 0 Å². The molecule has 43 heavy (non-hydrogen) atoms. The lowest BCUT2D eigenvalue weighted by molar-refractivity contribution is 0.594. The molecule has 0 saturated heterocycles. The van der Waals surface area contributed by atoms with E-state index in [1.54, 1.807) is 0 Å². The van der Waals surface area contributed by atoms with Gasteiger partial charge in [-0.1, -0.05) is 93.4 Å². The van der Waals surface area contributed by atoms with Crippen LogP contribution in [0.25, 0.3) is 0 Å². The molecule has 6 N–H and O–H groups in total. The van der Waals surface area contributed by atoms with Gasteiger partial charge in [-0.15, -0.1) is 0 Å². The van der Waals surface area contributed by atoms with E-state index in [9.17, 15) is 0 Å². The molecule has 2 unspecified atom stereocenters. The molecule has 2 heterocycles. The van der Waals surface area contributed by atoms with E-state index in [1.165, 1.54) is 0 Å². The van der Waals surface area contributed by atoms with Crippen LogP contribution >= 0.6 is 30.0 Å². The topological polar surface area (TPSA) is 125 Å². The molecule has 2 atom stereocenters. The minimum absolute atomic E-state index is 0.902. The Hall–Kier alpha value is 0.640. The third-order valence-electron chi connectivity index (χ3n) is 7.53. The fourth-order valence-electron chi connectivity index (χ4n) is 4.84. The van der Waals surface area contributed by atoms with Gasteiger partial charge >= 0.3 is 0 Å². The molecule has 0 amide bonds. The fraction of sp³-hybridized carbons (Fsp3) is 1.00. The minimum atomic E-state index is -2.58. The quantitative estimate of drug-likeness (QED) is 0.0376. The highest BCUT2D eigenvalue weighted by molar-refractivity contribution is 7.91.